The third kappa shape index (κ3) is 3.36. The summed E-state index contributed by atoms with van der Waals surface area (Å²) in [7, 11) is 1.66. The molecule has 6 rings (SSSR count). The van der Waals surface area contributed by atoms with Crippen LogP contribution in [-0.4, -0.2) is 63.2 Å². The van der Waals surface area contributed by atoms with Crippen LogP contribution in [0.4, 0.5) is 5.95 Å². The van der Waals surface area contributed by atoms with Gasteiger partial charge < -0.3 is 14.5 Å². The lowest BCUT2D eigenvalue weighted by atomic mass is 9.84. The fourth-order valence-corrected chi connectivity index (χ4v) is 5.08. The van der Waals surface area contributed by atoms with E-state index in [4.69, 9.17) is 9.72 Å². The Morgan fingerprint density at radius 1 is 1.06 bits per heavy atom. The normalized spacial score (nSPS) is 18.9. The van der Waals surface area contributed by atoms with Crippen LogP contribution in [0.15, 0.2) is 48.5 Å². The van der Waals surface area contributed by atoms with Gasteiger partial charge in [-0.2, -0.15) is 0 Å². The van der Waals surface area contributed by atoms with Gasteiger partial charge in [0, 0.05) is 42.5 Å². The Balaban J connectivity index is 1.44. The summed E-state index contributed by atoms with van der Waals surface area (Å²) in [6, 6.07) is 16.0. The number of rotatable bonds is 4. The van der Waals surface area contributed by atoms with Crippen LogP contribution in [0.25, 0.3) is 27.9 Å². The number of aromatic nitrogens is 4. The van der Waals surface area contributed by atoms with Gasteiger partial charge in [0.25, 0.3) is 0 Å². The third-order valence-corrected chi connectivity index (χ3v) is 7.20. The number of para-hydroxylation sites is 1. The molecule has 2 fully saturated rings. The average molecular weight is 457 g/mol. The standard InChI is InChI=1S/C26H28N6O2/c1-17-16-30(13-14-31(17)25(33)18-7-5-8-18)26-27-22-12-4-3-11-21(22)24-29-28-23(32(24)26)19-9-6-10-20(15-19)34-2/h3-4,6,9-12,15,17-18H,5,7-8,13-14,16H2,1-2H3/t17-/m0/s1. The molecule has 1 atom stereocenters. The smallest absolute Gasteiger partial charge is 0.226 e. The van der Waals surface area contributed by atoms with Crippen LogP contribution in [0.1, 0.15) is 26.2 Å². The minimum absolute atomic E-state index is 0.113. The molecule has 0 N–H and O–H groups in total. The highest BCUT2D eigenvalue weighted by Crippen LogP contribution is 2.32. The third-order valence-electron chi connectivity index (χ3n) is 7.20. The number of carbonyl (C=O) groups excluding carboxylic acids is 1. The maximum atomic E-state index is 12.9. The van der Waals surface area contributed by atoms with E-state index in [0.29, 0.717) is 19.0 Å². The number of hydrogen-bond donors (Lipinski definition) is 0. The van der Waals surface area contributed by atoms with Gasteiger partial charge in [0.15, 0.2) is 11.5 Å². The zero-order chi connectivity index (χ0) is 23.2. The topological polar surface area (TPSA) is 75.9 Å². The summed E-state index contributed by atoms with van der Waals surface area (Å²) in [5, 5.41) is 10.1. The predicted molar refractivity (Wildman–Crippen MR) is 131 cm³/mol. The lowest BCUT2D eigenvalue weighted by molar-refractivity contribution is -0.140. The number of methoxy groups -OCH3 is 1. The van der Waals surface area contributed by atoms with Crippen LogP contribution in [0.2, 0.25) is 0 Å². The summed E-state index contributed by atoms with van der Waals surface area (Å²) in [5.74, 6) is 2.83. The molecule has 8 nitrogen and oxygen atoms in total. The minimum Gasteiger partial charge on any atom is -0.497 e. The SMILES string of the molecule is COc1cccc(-c2nnc3c4ccccc4nc(N4CCN(C(=O)C5CCC5)[C@@H](C)C4)n23)c1. The molecule has 1 saturated carbocycles. The summed E-state index contributed by atoms with van der Waals surface area (Å²) in [5.41, 5.74) is 2.58. The zero-order valence-corrected chi connectivity index (χ0v) is 19.5. The summed E-state index contributed by atoms with van der Waals surface area (Å²) in [6.45, 7) is 4.27. The molecule has 0 bridgehead atoms. The summed E-state index contributed by atoms with van der Waals surface area (Å²) in [4.78, 5) is 22.3. The fraction of sp³-hybridized carbons (Fsp3) is 0.385. The number of ether oxygens (including phenoxy) is 1. The molecule has 2 aromatic carbocycles. The molecule has 0 spiro atoms. The van der Waals surface area contributed by atoms with Gasteiger partial charge in [0.2, 0.25) is 11.9 Å². The van der Waals surface area contributed by atoms with Crippen molar-refractivity contribution in [2.75, 3.05) is 31.6 Å². The Labute approximate surface area is 198 Å². The van der Waals surface area contributed by atoms with Gasteiger partial charge >= 0.3 is 0 Å². The first-order valence-electron chi connectivity index (χ1n) is 12.0. The Kier molecular flexibility index (Phi) is 5.08. The maximum Gasteiger partial charge on any atom is 0.226 e. The summed E-state index contributed by atoms with van der Waals surface area (Å²) in [6.07, 6.45) is 3.23. The van der Waals surface area contributed by atoms with E-state index >= 15 is 0 Å². The molecular weight excluding hydrogens is 428 g/mol. The van der Waals surface area contributed by atoms with Crippen molar-refractivity contribution in [1.82, 2.24) is 24.5 Å². The van der Waals surface area contributed by atoms with Gasteiger partial charge in [-0.3, -0.25) is 4.79 Å². The number of amides is 1. The van der Waals surface area contributed by atoms with Gasteiger partial charge in [-0.15, -0.1) is 10.2 Å². The fourth-order valence-electron chi connectivity index (χ4n) is 5.08. The average Bonchev–Trinajstić information content (AvgIpc) is 3.28. The first-order valence-corrected chi connectivity index (χ1v) is 12.0. The first-order chi connectivity index (χ1) is 16.6. The van der Waals surface area contributed by atoms with Crippen LogP contribution in [-0.2, 0) is 4.79 Å². The monoisotopic (exact) mass is 456 g/mol. The number of piperazine rings is 1. The van der Waals surface area contributed by atoms with Crippen LogP contribution < -0.4 is 9.64 Å². The molecular formula is C26H28N6O2. The van der Waals surface area contributed by atoms with Crippen molar-refractivity contribution in [3.8, 4) is 17.1 Å². The molecule has 34 heavy (non-hydrogen) atoms. The van der Waals surface area contributed by atoms with Gasteiger partial charge in [0.1, 0.15) is 5.75 Å². The van der Waals surface area contributed by atoms with Gasteiger partial charge in [-0.25, -0.2) is 9.38 Å². The number of hydrogen-bond acceptors (Lipinski definition) is 6. The van der Waals surface area contributed by atoms with Crippen molar-refractivity contribution in [2.45, 2.75) is 32.2 Å². The zero-order valence-electron chi connectivity index (χ0n) is 19.5. The molecule has 2 aliphatic rings. The Bertz CT molecular complexity index is 1380. The highest BCUT2D eigenvalue weighted by molar-refractivity contribution is 5.93. The lowest BCUT2D eigenvalue weighted by Gasteiger charge is -2.43. The molecule has 0 radical (unpaired) electrons. The Hall–Kier alpha value is -3.68. The minimum atomic E-state index is 0.113. The quantitative estimate of drug-likeness (QED) is 0.465. The second kappa shape index (κ2) is 8.27. The molecule has 0 unspecified atom stereocenters. The summed E-state index contributed by atoms with van der Waals surface area (Å²) < 4.78 is 7.49. The number of fused-ring (bicyclic) bond motifs is 3. The van der Waals surface area contributed by atoms with E-state index in [1.54, 1.807) is 7.11 Å². The van der Waals surface area contributed by atoms with Crippen molar-refractivity contribution < 1.29 is 9.53 Å². The Morgan fingerprint density at radius 2 is 1.91 bits per heavy atom. The van der Waals surface area contributed by atoms with Gasteiger partial charge in [-0.1, -0.05) is 30.7 Å². The number of benzene rings is 2. The first kappa shape index (κ1) is 20.9. The van der Waals surface area contributed by atoms with Gasteiger partial charge in [0.05, 0.1) is 12.6 Å². The number of nitrogens with zero attached hydrogens (tertiary/aromatic N) is 6. The molecule has 8 heteroatoms. The van der Waals surface area contributed by atoms with E-state index in [1.807, 2.05) is 52.9 Å². The second-order valence-corrected chi connectivity index (χ2v) is 9.30. The summed E-state index contributed by atoms with van der Waals surface area (Å²) >= 11 is 0. The Morgan fingerprint density at radius 3 is 2.68 bits per heavy atom. The predicted octanol–water partition coefficient (Wildman–Crippen LogP) is 3.79. The van der Waals surface area contributed by atoms with Crippen LogP contribution in [0.3, 0.4) is 0 Å². The number of carbonyl (C=O) groups is 1. The van der Waals surface area contributed by atoms with E-state index in [0.717, 1.165) is 59.0 Å². The highest BCUT2D eigenvalue weighted by Gasteiger charge is 2.35. The highest BCUT2D eigenvalue weighted by atomic mass is 16.5. The second-order valence-electron chi connectivity index (χ2n) is 9.30. The molecule has 1 aliphatic carbocycles. The van der Waals surface area contributed by atoms with E-state index in [1.165, 1.54) is 6.42 Å². The largest absolute Gasteiger partial charge is 0.497 e. The van der Waals surface area contributed by atoms with Crippen LogP contribution in [0.5, 0.6) is 5.75 Å². The van der Waals surface area contributed by atoms with E-state index in [-0.39, 0.29) is 12.0 Å². The molecule has 4 aromatic rings. The van der Waals surface area contributed by atoms with Crippen molar-refractivity contribution in [2.24, 2.45) is 5.92 Å². The van der Waals surface area contributed by atoms with Crippen molar-refractivity contribution in [1.29, 1.82) is 0 Å². The van der Waals surface area contributed by atoms with Crippen molar-refractivity contribution in [3.05, 3.63) is 48.5 Å². The molecule has 174 valence electrons. The molecule has 1 saturated heterocycles. The van der Waals surface area contributed by atoms with Crippen LogP contribution >= 0.6 is 0 Å². The van der Waals surface area contributed by atoms with Crippen molar-refractivity contribution in [3.63, 3.8) is 0 Å². The number of anilines is 1. The lowest BCUT2D eigenvalue weighted by Crippen LogP contribution is -2.56. The molecule has 1 amide bonds. The maximum absolute atomic E-state index is 12.9. The van der Waals surface area contributed by atoms with Crippen LogP contribution in [0, 0.1) is 5.92 Å². The van der Waals surface area contributed by atoms with E-state index < -0.39 is 0 Å². The van der Waals surface area contributed by atoms with Crippen molar-refractivity contribution >= 4 is 28.4 Å². The molecule has 2 aromatic heterocycles. The molecule has 1 aliphatic heterocycles. The van der Waals surface area contributed by atoms with Gasteiger partial charge in [-0.05, 0) is 44.0 Å². The van der Waals surface area contributed by atoms with E-state index in [9.17, 15) is 4.79 Å². The van der Waals surface area contributed by atoms with E-state index in [2.05, 4.69) is 26.9 Å². The molecule has 3 heterocycles.